The lowest BCUT2D eigenvalue weighted by Crippen LogP contribution is -2.38. The van der Waals surface area contributed by atoms with Crippen molar-refractivity contribution in [3.63, 3.8) is 0 Å². The zero-order valence-electron chi connectivity index (χ0n) is 15.7. The van der Waals surface area contributed by atoms with Crippen LogP contribution in [-0.4, -0.2) is 40.8 Å². The summed E-state index contributed by atoms with van der Waals surface area (Å²) >= 11 is 0. The second-order valence-corrected chi connectivity index (χ2v) is 6.03. The highest BCUT2D eigenvalue weighted by Crippen LogP contribution is 2.07. The molecule has 0 bridgehead atoms. The van der Waals surface area contributed by atoms with Crippen molar-refractivity contribution in [3.8, 4) is 0 Å². The third-order valence-electron chi connectivity index (χ3n) is 3.97. The molecule has 1 N–H and O–H groups in total. The van der Waals surface area contributed by atoms with Gasteiger partial charge < -0.3 is 10.2 Å². The van der Waals surface area contributed by atoms with Crippen molar-refractivity contribution < 1.29 is 0 Å². The molecule has 0 radical (unpaired) electrons. The molecule has 0 aliphatic rings. The van der Waals surface area contributed by atoms with Crippen molar-refractivity contribution in [2.75, 3.05) is 20.1 Å². The summed E-state index contributed by atoms with van der Waals surface area (Å²) < 4.78 is 1.83. The van der Waals surface area contributed by atoms with Gasteiger partial charge in [0.2, 0.25) is 0 Å². The Bertz CT molecular complexity index is 648. The van der Waals surface area contributed by atoms with E-state index in [1.165, 1.54) is 16.7 Å². The Morgan fingerprint density at radius 2 is 1.84 bits per heavy atom. The summed E-state index contributed by atoms with van der Waals surface area (Å²) in [5, 5.41) is 7.57. The number of guanidine groups is 1. The van der Waals surface area contributed by atoms with Crippen LogP contribution in [-0.2, 0) is 26.4 Å². The van der Waals surface area contributed by atoms with Gasteiger partial charge in [-0.2, -0.15) is 5.10 Å². The van der Waals surface area contributed by atoms with E-state index in [1.54, 1.807) is 0 Å². The minimum atomic E-state index is 0. The van der Waals surface area contributed by atoms with Crippen LogP contribution >= 0.6 is 24.0 Å². The second-order valence-electron chi connectivity index (χ2n) is 6.03. The van der Waals surface area contributed by atoms with Gasteiger partial charge in [0.05, 0.1) is 6.20 Å². The Balaban J connectivity index is 0.00000312. The number of benzene rings is 1. The summed E-state index contributed by atoms with van der Waals surface area (Å²) in [6.45, 7) is 6.75. The molecule has 0 saturated heterocycles. The van der Waals surface area contributed by atoms with Crippen LogP contribution < -0.4 is 5.32 Å². The van der Waals surface area contributed by atoms with Crippen LogP contribution in [0.25, 0.3) is 0 Å². The zero-order valence-corrected chi connectivity index (χ0v) is 18.0. The fourth-order valence-corrected chi connectivity index (χ4v) is 2.59. The molecule has 6 heteroatoms. The summed E-state index contributed by atoms with van der Waals surface area (Å²) in [5.74, 6) is 0.945. The molecule has 2 aromatic rings. The number of halogens is 1. The highest BCUT2D eigenvalue weighted by molar-refractivity contribution is 14.0. The first-order chi connectivity index (χ1) is 11.6. The minimum Gasteiger partial charge on any atom is -0.357 e. The Morgan fingerprint density at radius 3 is 2.40 bits per heavy atom. The molecule has 5 nitrogen and oxygen atoms in total. The van der Waals surface area contributed by atoms with Gasteiger partial charge in [-0.3, -0.25) is 9.67 Å². The largest absolute Gasteiger partial charge is 0.357 e. The minimum absolute atomic E-state index is 0. The number of aromatic nitrogens is 2. The van der Waals surface area contributed by atoms with Gasteiger partial charge in [0.1, 0.15) is 0 Å². The fourth-order valence-electron chi connectivity index (χ4n) is 2.59. The predicted octanol–water partition coefficient (Wildman–Crippen LogP) is 3.24. The number of aliphatic imine (C=N–C) groups is 1. The molecule has 25 heavy (non-hydrogen) atoms. The second kappa shape index (κ2) is 11.1. The molecule has 1 aromatic heterocycles. The molecule has 0 spiro atoms. The van der Waals surface area contributed by atoms with E-state index in [0.717, 1.165) is 38.4 Å². The van der Waals surface area contributed by atoms with Crippen molar-refractivity contribution in [1.29, 1.82) is 0 Å². The van der Waals surface area contributed by atoms with Crippen LogP contribution in [0.4, 0.5) is 0 Å². The van der Waals surface area contributed by atoms with Crippen LogP contribution in [0.1, 0.15) is 30.5 Å². The molecule has 0 fully saturated rings. The number of aryl methyl sites for hydroxylation is 2. The highest BCUT2D eigenvalue weighted by atomic mass is 127. The average molecular weight is 455 g/mol. The van der Waals surface area contributed by atoms with Gasteiger partial charge in [-0.05, 0) is 36.5 Å². The lowest BCUT2D eigenvalue weighted by Gasteiger charge is -2.22. The first-order valence-electron chi connectivity index (χ1n) is 8.67. The van der Waals surface area contributed by atoms with E-state index in [-0.39, 0.29) is 24.0 Å². The lowest BCUT2D eigenvalue weighted by atomic mass is 10.1. The maximum absolute atomic E-state index is 4.74. The van der Waals surface area contributed by atoms with Crippen LogP contribution in [0.3, 0.4) is 0 Å². The highest BCUT2D eigenvalue weighted by Gasteiger charge is 2.06. The molecular weight excluding hydrogens is 425 g/mol. The summed E-state index contributed by atoms with van der Waals surface area (Å²) in [6, 6.07) is 8.81. The van der Waals surface area contributed by atoms with Crippen LogP contribution in [0.5, 0.6) is 0 Å². The van der Waals surface area contributed by atoms with Gasteiger partial charge in [-0.1, -0.05) is 31.2 Å². The molecule has 0 saturated carbocycles. The van der Waals surface area contributed by atoms with Gasteiger partial charge in [-0.25, -0.2) is 0 Å². The summed E-state index contributed by atoms with van der Waals surface area (Å²) in [5.41, 5.74) is 3.89. The van der Waals surface area contributed by atoms with Crippen molar-refractivity contribution >= 4 is 29.9 Å². The Labute approximate surface area is 168 Å². The Hall–Kier alpha value is -1.57. The standard InChI is InChI=1S/C19H29N5.HI/c1-5-16-7-9-17(10-8-16)14-23(3)19(20-6-2)21-12-11-18-13-22-24(4)15-18;/h7-10,13,15H,5-6,11-12,14H2,1-4H3,(H,20,21);1H. The number of rotatable bonds is 7. The number of nitrogens with zero attached hydrogens (tertiary/aromatic N) is 4. The smallest absolute Gasteiger partial charge is 0.193 e. The van der Waals surface area contributed by atoms with Gasteiger partial charge in [0, 0.05) is 39.9 Å². The van der Waals surface area contributed by atoms with Crippen molar-refractivity contribution in [3.05, 3.63) is 53.3 Å². The lowest BCUT2D eigenvalue weighted by molar-refractivity contribution is 0.477. The molecule has 0 atom stereocenters. The van der Waals surface area contributed by atoms with Gasteiger partial charge in [0.15, 0.2) is 5.96 Å². The normalized spacial score (nSPS) is 11.1. The maximum atomic E-state index is 4.74. The summed E-state index contributed by atoms with van der Waals surface area (Å²) in [4.78, 5) is 6.92. The molecular formula is C19H30IN5. The van der Waals surface area contributed by atoms with Gasteiger partial charge >= 0.3 is 0 Å². The van der Waals surface area contributed by atoms with Crippen molar-refractivity contribution in [1.82, 2.24) is 20.0 Å². The molecule has 0 aliphatic heterocycles. The number of hydrogen-bond acceptors (Lipinski definition) is 2. The zero-order chi connectivity index (χ0) is 17.4. The first-order valence-corrected chi connectivity index (χ1v) is 8.67. The van der Waals surface area contributed by atoms with Gasteiger partial charge in [0.25, 0.3) is 0 Å². The fraction of sp³-hybridized carbons (Fsp3) is 0.474. The molecule has 1 aromatic carbocycles. The molecule has 138 valence electrons. The summed E-state index contributed by atoms with van der Waals surface area (Å²) in [7, 11) is 4.02. The quantitative estimate of drug-likeness (QED) is 0.396. The van der Waals surface area contributed by atoms with E-state index in [2.05, 4.69) is 60.5 Å². The van der Waals surface area contributed by atoms with Gasteiger partial charge in [-0.15, -0.1) is 24.0 Å². The van der Waals surface area contributed by atoms with E-state index >= 15 is 0 Å². The van der Waals surface area contributed by atoms with E-state index in [9.17, 15) is 0 Å². The van der Waals surface area contributed by atoms with Crippen molar-refractivity contribution in [2.45, 2.75) is 33.2 Å². The van der Waals surface area contributed by atoms with Crippen LogP contribution in [0, 0.1) is 0 Å². The van der Waals surface area contributed by atoms with Crippen LogP contribution in [0.2, 0.25) is 0 Å². The first kappa shape index (κ1) is 21.5. The predicted molar refractivity (Wildman–Crippen MR) is 116 cm³/mol. The third kappa shape index (κ3) is 7.05. The molecule has 0 aliphatic carbocycles. The monoisotopic (exact) mass is 455 g/mol. The SMILES string of the molecule is CCNC(=NCCc1cnn(C)c1)N(C)Cc1ccc(CC)cc1.I. The van der Waals surface area contributed by atoms with E-state index in [1.807, 2.05) is 24.1 Å². The third-order valence-corrected chi connectivity index (χ3v) is 3.97. The summed E-state index contributed by atoms with van der Waals surface area (Å²) in [6.07, 6.45) is 5.93. The molecule has 0 amide bonds. The Morgan fingerprint density at radius 1 is 1.16 bits per heavy atom. The van der Waals surface area contributed by atoms with Crippen molar-refractivity contribution in [2.24, 2.45) is 12.0 Å². The Kier molecular flexibility index (Phi) is 9.55. The molecule has 1 heterocycles. The number of hydrogen-bond donors (Lipinski definition) is 1. The van der Waals surface area contributed by atoms with Crippen LogP contribution in [0.15, 0.2) is 41.7 Å². The van der Waals surface area contributed by atoms with E-state index < -0.39 is 0 Å². The maximum Gasteiger partial charge on any atom is 0.193 e. The molecule has 0 unspecified atom stereocenters. The number of nitrogens with one attached hydrogen (secondary N) is 1. The van der Waals surface area contributed by atoms with E-state index in [0.29, 0.717) is 0 Å². The average Bonchev–Trinajstić information content (AvgIpc) is 3.00. The molecule has 2 rings (SSSR count). The topological polar surface area (TPSA) is 45.5 Å². The van der Waals surface area contributed by atoms with E-state index in [4.69, 9.17) is 4.99 Å².